The van der Waals surface area contributed by atoms with Crippen LogP contribution < -0.4 is 5.32 Å². The van der Waals surface area contributed by atoms with Gasteiger partial charge < -0.3 is 5.32 Å². The number of amides is 1. The summed E-state index contributed by atoms with van der Waals surface area (Å²) in [5, 5.41) is 11.3. The second-order valence-electron chi connectivity index (χ2n) is 3.53. The van der Waals surface area contributed by atoms with E-state index in [0.717, 1.165) is 11.0 Å². The largest absolute Gasteiger partial charge is 0.354 e. The van der Waals surface area contributed by atoms with Crippen LogP contribution in [-0.2, 0) is 4.79 Å². The van der Waals surface area contributed by atoms with E-state index in [-0.39, 0.29) is 5.57 Å². The van der Waals surface area contributed by atoms with Crippen LogP contribution in [0, 0.1) is 11.3 Å². The molecule has 5 heteroatoms. The molecule has 0 aliphatic carbocycles. The maximum Gasteiger partial charge on any atom is 0.261 e. The van der Waals surface area contributed by atoms with E-state index in [1.54, 1.807) is 0 Å². The third-order valence-corrected chi connectivity index (χ3v) is 2.35. The lowest BCUT2D eigenvalue weighted by atomic mass is 10.2. The molecule has 1 amide bonds. The van der Waals surface area contributed by atoms with E-state index in [1.807, 2.05) is 30.3 Å². The zero-order valence-corrected chi connectivity index (χ0v) is 9.71. The number of benzene rings is 1. The van der Waals surface area contributed by atoms with Crippen molar-refractivity contribution in [2.24, 2.45) is 0 Å². The van der Waals surface area contributed by atoms with E-state index >= 15 is 0 Å². The number of carbonyl (C=O) groups is 1. The smallest absolute Gasteiger partial charge is 0.261 e. The zero-order chi connectivity index (χ0) is 13.0. The Morgan fingerprint density at radius 3 is 2.78 bits per heavy atom. The van der Waals surface area contributed by atoms with Crippen LogP contribution in [-0.4, -0.2) is 22.9 Å². The number of aromatic nitrogens is 2. The molecule has 18 heavy (non-hydrogen) atoms. The number of nitrogens with zero attached hydrogens (tertiary/aromatic N) is 3. The van der Waals surface area contributed by atoms with Crippen LogP contribution in [0.4, 0.5) is 0 Å². The molecule has 1 heterocycles. The zero-order valence-electron chi connectivity index (χ0n) is 9.71. The Morgan fingerprint density at radius 1 is 1.39 bits per heavy atom. The van der Waals surface area contributed by atoms with Crippen LogP contribution >= 0.6 is 0 Å². The molecule has 0 saturated heterocycles. The topological polar surface area (TPSA) is 78.7 Å². The lowest BCUT2D eigenvalue weighted by molar-refractivity contribution is -0.116. The Bertz CT molecular complexity index is 670. The fraction of sp³-hybridized carbons (Fsp3) is 0.0769. The molecule has 0 atom stereocenters. The molecule has 1 aromatic carbocycles. The fourth-order valence-electron chi connectivity index (χ4n) is 1.47. The van der Waals surface area contributed by atoms with Crippen LogP contribution in [0.15, 0.2) is 36.0 Å². The van der Waals surface area contributed by atoms with E-state index in [0.29, 0.717) is 5.69 Å². The Balaban J connectivity index is 2.46. The van der Waals surface area contributed by atoms with Crippen molar-refractivity contribution in [3.8, 4) is 6.07 Å². The molecule has 0 unspecified atom stereocenters. The van der Waals surface area contributed by atoms with E-state index in [2.05, 4.69) is 15.3 Å². The number of hydrogen-bond donors (Lipinski definition) is 1. The van der Waals surface area contributed by atoms with Gasteiger partial charge in [-0.3, -0.25) is 9.78 Å². The van der Waals surface area contributed by atoms with Gasteiger partial charge in [0.25, 0.3) is 5.91 Å². The summed E-state index contributed by atoms with van der Waals surface area (Å²) in [6, 6.07) is 9.23. The van der Waals surface area contributed by atoms with Crippen LogP contribution in [0.1, 0.15) is 5.69 Å². The third-order valence-electron chi connectivity index (χ3n) is 2.35. The number of nitrogens with one attached hydrogen (secondary N) is 1. The van der Waals surface area contributed by atoms with Crippen molar-refractivity contribution in [2.45, 2.75) is 0 Å². The Kier molecular flexibility index (Phi) is 3.30. The molecule has 2 aromatic rings. The summed E-state index contributed by atoms with van der Waals surface area (Å²) in [5.74, 6) is -0.438. The molecule has 0 saturated carbocycles. The molecule has 88 valence electrons. The first-order valence-corrected chi connectivity index (χ1v) is 5.30. The molecule has 2 rings (SSSR count). The Labute approximate surface area is 104 Å². The van der Waals surface area contributed by atoms with Crippen LogP contribution in [0.5, 0.6) is 0 Å². The highest BCUT2D eigenvalue weighted by molar-refractivity contribution is 6.01. The number of rotatable bonds is 2. The minimum absolute atomic E-state index is 0.00193. The highest BCUT2D eigenvalue weighted by Crippen LogP contribution is 2.10. The Hall–Kier alpha value is -2.74. The fourth-order valence-corrected chi connectivity index (χ4v) is 1.47. The summed E-state index contributed by atoms with van der Waals surface area (Å²) in [6.07, 6.45) is 2.95. The lowest BCUT2D eigenvalue weighted by Gasteiger charge is -1.99. The van der Waals surface area contributed by atoms with E-state index in [9.17, 15) is 4.79 Å². The standard InChI is InChI=1S/C13H10N4O/c1-15-13(18)9(7-14)6-10-8-16-11-4-2-3-5-12(11)17-10/h2-6,8H,1H3,(H,15,18)/b9-6+. The highest BCUT2D eigenvalue weighted by Gasteiger charge is 2.07. The van der Waals surface area contributed by atoms with Gasteiger partial charge in [0.2, 0.25) is 0 Å². The van der Waals surface area contributed by atoms with Gasteiger partial charge in [-0.25, -0.2) is 4.98 Å². The summed E-state index contributed by atoms with van der Waals surface area (Å²) >= 11 is 0. The van der Waals surface area contributed by atoms with Crippen molar-refractivity contribution in [3.05, 3.63) is 41.7 Å². The Morgan fingerprint density at radius 2 is 2.11 bits per heavy atom. The molecule has 0 bridgehead atoms. The first-order chi connectivity index (χ1) is 8.74. The summed E-state index contributed by atoms with van der Waals surface area (Å²) in [6.45, 7) is 0. The molecular formula is C13H10N4O. The molecule has 1 N–H and O–H groups in total. The number of hydrogen-bond acceptors (Lipinski definition) is 4. The van der Waals surface area contributed by atoms with Gasteiger partial charge in [-0.15, -0.1) is 0 Å². The van der Waals surface area contributed by atoms with Gasteiger partial charge in [0.1, 0.15) is 11.6 Å². The van der Waals surface area contributed by atoms with Crippen LogP contribution in [0.2, 0.25) is 0 Å². The number of likely N-dealkylation sites (N-methyl/N-ethyl adjacent to an activating group) is 1. The van der Waals surface area contributed by atoms with Crippen LogP contribution in [0.25, 0.3) is 17.1 Å². The number of para-hydroxylation sites is 2. The third kappa shape index (κ3) is 2.33. The van der Waals surface area contributed by atoms with Gasteiger partial charge in [0.15, 0.2) is 0 Å². The molecule has 0 aliphatic rings. The first kappa shape index (κ1) is 11.7. The molecule has 0 radical (unpaired) electrons. The normalized spacial score (nSPS) is 11.0. The molecule has 1 aromatic heterocycles. The predicted octanol–water partition coefficient (Wildman–Crippen LogP) is 1.28. The minimum Gasteiger partial charge on any atom is -0.354 e. The molecule has 5 nitrogen and oxygen atoms in total. The predicted molar refractivity (Wildman–Crippen MR) is 67.2 cm³/mol. The first-order valence-electron chi connectivity index (χ1n) is 5.30. The van der Waals surface area contributed by atoms with Crippen molar-refractivity contribution in [1.29, 1.82) is 5.26 Å². The average Bonchev–Trinajstić information content (AvgIpc) is 2.43. The monoisotopic (exact) mass is 238 g/mol. The molecule has 0 spiro atoms. The van der Waals surface area contributed by atoms with Crippen molar-refractivity contribution in [3.63, 3.8) is 0 Å². The summed E-state index contributed by atoms with van der Waals surface area (Å²) in [4.78, 5) is 19.9. The van der Waals surface area contributed by atoms with Crippen LogP contribution in [0.3, 0.4) is 0 Å². The van der Waals surface area contributed by atoms with Gasteiger partial charge in [-0.2, -0.15) is 5.26 Å². The second-order valence-corrected chi connectivity index (χ2v) is 3.53. The summed E-state index contributed by atoms with van der Waals surface area (Å²) in [5.41, 5.74) is 1.98. The van der Waals surface area contributed by atoms with Crippen molar-refractivity contribution >= 4 is 23.0 Å². The quantitative estimate of drug-likeness (QED) is 0.631. The van der Waals surface area contributed by atoms with Gasteiger partial charge >= 0.3 is 0 Å². The average molecular weight is 238 g/mol. The molecule has 0 aliphatic heterocycles. The second kappa shape index (κ2) is 5.06. The van der Waals surface area contributed by atoms with E-state index in [1.165, 1.54) is 19.3 Å². The maximum absolute atomic E-state index is 11.4. The van der Waals surface area contributed by atoms with Gasteiger partial charge in [0, 0.05) is 7.05 Å². The number of fused-ring (bicyclic) bond motifs is 1. The molecule has 0 fully saturated rings. The van der Waals surface area contributed by atoms with Gasteiger partial charge in [-0.1, -0.05) is 12.1 Å². The number of carbonyl (C=O) groups excluding carboxylic acids is 1. The van der Waals surface area contributed by atoms with Gasteiger partial charge in [0.05, 0.1) is 22.9 Å². The molecular weight excluding hydrogens is 228 g/mol. The lowest BCUT2D eigenvalue weighted by Crippen LogP contribution is -2.19. The summed E-state index contributed by atoms with van der Waals surface area (Å²) in [7, 11) is 1.47. The van der Waals surface area contributed by atoms with Gasteiger partial charge in [-0.05, 0) is 18.2 Å². The van der Waals surface area contributed by atoms with E-state index in [4.69, 9.17) is 5.26 Å². The maximum atomic E-state index is 11.4. The van der Waals surface area contributed by atoms with Crippen molar-refractivity contribution in [2.75, 3.05) is 7.05 Å². The minimum atomic E-state index is -0.438. The van der Waals surface area contributed by atoms with Crippen molar-refractivity contribution < 1.29 is 4.79 Å². The highest BCUT2D eigenvalue weighted by atomic mass is 16.1. The SMILES string of the molecule is CNC(=O)/C(C#N)=C/c1cnc2ccccc2n1. The van der Waals surface area contributed by atoms with Crippen molar-refractivity contribution in [1.82, 2.24) is 15.3 Å². The summed E-state index contributed by atoms with van der Waals surface area (Å²) < 4.78 is 0. The number of nitriles is 1. The van der Waals surface area contributed by atoms with E-state index < -0.39 is 5.91 Å².